The Bertz CT molecular complexity index is 1270. The number of imide groups is 1. The minimum Gasteiger partial charge on any atom is -0.507 e. The average Bonchev–Trinajstić information content (AvgIpc) is 3.39. The number of aryl methyl sites for hydroxylation is 2. The molecule has 3 heterocycles. The molecular formula is C31H36N2O4. The summed E-state index contributed by atoms with van der Waals surface area (Å²) < 4.78 is 6.38. The standard InChI is InChI=1S/C31H36N2O4/c1-17(2)22-15-23-28(31(36)33(5)30(23)35)24-16-37-26(27(22)24)10-9-21(25-8-6-7-11-32-25)14-20-12-18(3)29(34)19(4)13-20/h6-8,11-14,17,23-24,26,28,34H,9-10,15-16H2,1-5H3/b21-14-/t23-,24+,26-,28-/m1/s1. The summed E-state index contributed by atoms with van der Waals surface area (Å²) >= 11 is 0. The van der Waals surface area contributed by atoms with E-state index in [-0.39, 0.29) is 35.7 Å². The fourth-order valence-electron chi connectivity index (χ4n) is 6.50. The maximum atomic E-state index is 13.0. The summed E-state index contributed by atoms with van der Waals surface area (Å²) in [7, 11) is 1.61. The number of hydrogen-bond acceptors (Lipinski definition) is 5. The summed E-state index contributed by atoms with van der Waals surface area (Å²) in [6.07, 6.45) is 6.06. The third-order valence-corrected chi connectivity index (χ3v) is 8.39. The monoisotopic (exact) mass is 500 g/mol. The van der Waals surface area contributed by atoms with Crippen LogP contribution in [-0.2, 0) is 14.3 Å². The summed E-state index contributed by atoms with van der Waals surface area (Å²) in [6, 6.07) is 9.91. The first-order valence-corrected chi connectivity index (χ1v) is 13.2. The Hall–Kier alpha value is -3.25. The Labute approximate surface area is 219 Å². The zero-order valence-electron chi connectivity index (χ0n) is 22.3. The van der Waals surface area contributed by atoms with E-state index in [1.165, 1.54) is 16.0 Å². The molecule has 0 bridgehead atoms. The second kappa shape index (κ2) is 9.90. The van der Waals surface area contributed by atoms with Gasteiger partial charge in [0.2, 0.25) is 11.8 Å². The van der Waals surface area contributed by atoms with E-state index in [4.69, 9.17) is 4.74 Å². The quantitative estimate of drug-likeness (QED) is 0.429. The molecule has 0 spiro atoms. The van der Waals surface area contributed by atoms with Crippen LogP contribution in [0.2, 0.25) is 0 Å². The van der Waals surface area contributed by atoms with Gasteiger partial charge >= 0.3 is 0 Å². The van der Waals surface area contributed by atoms with Crippen LogP contribution in [0.25, 0.3) is 11.6 Å². The number of aromatic hydroxyl groups is 1. The van der Waals surface area contributed by atoms with E-state index in [9.17, 15) is 14.7 Å². The molecule has 6 heteroatoms. The van der Waals surface area contributed by atoms with Gasteiger partial charge in [-0.1, -0.05) is 25.5 Å². The van der Waals surface area contributed by atoms with E-state index in [1.807, 2.05) is 44.2 Å². The Morgan fingerprint density at radius 3 is 2.54 bits per heavy atom. The molecule has 5 rings (SSSR count). The van der Waals surface area contributed by atoms with Crippen molar-refractivity contribution in [2.75, 3.05) is 13.7 Å². The summed E-state index contributed by atoms with van der Waals surface area (Å²) in [5, 5.41) is 10.2. The Balaban J connectivity index is 1.46. The Morgan fingerprint density at radius 1 is 1.16 bits per heavy atom. The third-order valence-electron chi connectivity index (χ3n) is 8.39. The number of ether oxygens (including phenoxy) is 1. The van der Waals surface area contributed by atoms with E-state index in [0.29, 0.717) is 24.7 Å². The number of phenolic OH excluding ortho intramolecular Hbond substituents is 1. The number of nitrogens with zero attached hydrogens (tertiary/aromatic N) is 2. The van der Waals surface area contributed by atoms with Gasteiger partial charge in [-0.05, 0) is 97.2 Å². The molecule has 0 unspecified atom stereocenters. The number of aromatic nitrogens is 1. The van der Waals surface area contributed by atoms with Crippen molar-refractivity contribution in [2.45, 2.75) is 53.1 Å². The van der Waals surface area contributed by atoms with Crippen LogP contribution in [0.4, 0.5) is 0 Å². The highest BCUT2D eigenvalue weighted by Gasteiger charge is 2.56. The molecule has 1 aliphatic carbocycles. The molecule has 194 valence electrons. The largest absolute Gasteiger partial charge is 0.507 e. The van der Waals surface area contributed by atoms with Crippen molar-refractivity contribution in [2.24, 2.45) is 23.7 Å². The zero-order valence-corrected chi connectivity index (χ0v) is 22.3. The fraction of sp³-hybridized carbons (Fsp3) is 0.452. The van der Waals surface area contributed by atoms with E-state index in [0.717, 1.165) is 40.8 Å². The molecule has 37 heavy (non-hydrogen) atoms. The fourth-order valence-corrected chi connectivity index (χ4v) is 6.50. The number of pyridine rings is 1. The van der Waals surface area contributed by atoms with Gasteiger partial charge < -0.3 is 9.84 Å². The SMILES string of the molecule is Cc1cc(/C=C(/CC[C@H]2OC[C@H]3C2=C(C(C)C)C[C@H]2C(=O)N(C)C(=O)[C@H]23)c2ccccn2)cc(C)c1O. The maximum Gasteiger partial charge on any atom is 0.233 e. The maximum absolute atomic E-state index is 13.0. The van der Waals surface area contributed by atoms with Crippen molar-refractivity contribution in [3.8, 4) is 5.75 Å². The van der Waals surface area contributed by atoms with Crippen molar-refractivity contribution in [3.05, 3.63) is 70.1 Å². The first kappa shape index (κ1) is 25.4. The zero-order chi connectivity index (χ0) is 26.4. The number of amides is 2. The molecule has 3 aliphatic rings. The number of carbonyl (C=O) groups is 2. The minimum atomic E-state index is -0.297. The lowest BCUT2D eigenvalue weighted by molar-refractivity contribution is -0.138. The predicted octanol–water partition coefficient (Wildman–Crippen LogP) is 5.33. The highest BCUT2D eigenvalue weighted by molar-refractivity contribution is 6.05. The van der Waals surface area contributed by atoms with Crippen LogP contribution in [-0.4, -0.2) is 46.6 Å². The van der Waals surface area contributed by atoms with Gasteiger partial charge in [0.05, 0.1) is 30.2 Å². The second-order valence-corrected chi connectivity index (χ2v) is 11.1. The van der Waals surface area contributed by atoms with Crippen LogP contribution >= 0.6 is 0 Å². The average molecular weight is 501 g/mol. The smallest absolute Gasteiger partial charge is 0.233 e. The van der Waals surface area contributed by atoms with Gasteiger partial charge in [0, 0.05) is 19.2 Å². The summed E-state index contributed by atoms with van der Waals surface area (Å²) in [5.74, 6) is -0.0504. The highest BCUT2D eigenvalue weighted by atomic mass is 16.5. The molecule has 0 saturated carbocycles. The van der Waals surface area contributed by atoms with Crippen molar-refractivity contribution in [3.63, 3.8) is 0 Å². The number of fused-ring (bicyclic) bond motifs is 3. The van der Waals surface area contributed by atoms with Crippen LogP contribution in [0.5, 0.6) is 5.75 Å². The molecule has 2 fully saturated rings. The number of carbonyl (C=O) groups excluding carboxylic acids is 2. The van der Waals surface area contributed by atoms with Gasteiger partial charge in [-0.3, -0.25) is 19.5 Å². The van der Waals surface area contributed by atoms with Gasteiger partial charge in [0.15, 0.2) is 0 Å². The van der Waals surface area contributed by atoms with Crippen molar-refractivity contribution < 1.29 is 19.4 Å². The molecule has 6 nitrogen and oxygen atoms in total. The van der Waals surface area contributed by atoms with E-state index >= 15 is 0 Å². The summed E-state index contributed by atoms with van der Waals surface area (Å²) in [5.41, 5.74) is 7.28. The van der Waals surface area contributed by atoms with E-state index < -0.39 is 0 Å². The minimum absolute atomic E-state index is 0.0211. The number of likely N-dealkylation sites (tertiary alicyclic amines) is 1. The van der Waals surface area contributed by atoms with Gasteiger partial charge in [0.25, 0.3) is 0 Å². The number of rotatable bonds is 6. The number of phenols is 1. The van der Waals surface area contributed by atoms with Crippen LogP contribution in [0.3, 0.4) is 0 Å². The predicted molar refractivity (Wildman–Crippen MR) is 143 cm³/mol. The lowest BCUT2D eigenvalue weighted by Gasteiger charge is -2.33. The lowest BCUT2D eigenvalue weighted by Crippen LogP contribution is -2.34. The summed E-state index contributed by atoms with van der Waals surface area (Å²) in [6.45, 7) is 8.66. The molecule has 1 aromatic carbocycles. The highest BCUT2D eigenvalue weighted by Crippen LogP contribution is 2.51. The normalized spacial score (nSPS) is 25.8. The summed E-state index contributed by atoms with van der Waals surface area (Å²) in [4.78, 5) is 31.8. The molecule has 2 aliphatic heterocycles. The van der Waals surface area contributed by atoms with Crippen molar-refractivity contribution in [1.29, 1.82) is 0 Å². The third kappa shape index (κ3) is 4.52. The second-order valence-electron chi connectivity index (χ2n) is 11.1. The Kier molecular flexibility index (Phi) is 6.80. The lowest BCUT2D eigenvalue weighted by atomic mass is 9.67. The first-order valence-electron chi connectivity index (χ1n) is 13.2. The molecule has 2 amide bonds. The van der Waals surface area contributed by atoms with Crippen LogP contribution in [0.15, 0.2) is 47.7 Å². The number of hydrogen-bond donors (Lipinski definition) is 1. The number of allylic oxidation sites excluding steroid dienone is 2. The van der Waals surface area contributed by atoms with Gasteiger partial charge in [-0.2, -0.15) is 0 Å². The number of benzene rings is 1. The van der Waals surface area contributed by atoms with Gasteiger partial charge in [-0.15, -0.1) is 0 Å². The molecule has 1 N–H and O–H groups in total. The van der Waals surface area contributed by atoms with Crippen LogP contribution in [0, 0.1) is 37.5 Å². The van der Waals surface area contributed by atoms with Crippen molar-refractivity contribution in [1.82, 2.24) is 9.88 Å². The molecule has 2 aromatic rings. The van der Waals surface area contributed by atoms with Gasteiger partial charge in [-0.25, -0.2) is 0 Å². The molecule has 4 atom stereocenters. The van der Waals surface area contributed by atoms with E-state index in [2.05, 4.69) is 24.9 Å². The molecular weight excluding hydrogens is 464 g/mol. The van der Waals surface area contributed by atoms with Crippen molar-refractivity contribution >= 4 is 23.5 Å². The van der Waals surface area contributed by atoms with Gasteiger partial charge in [0.1, 0.15) is 5.75 Å². The topological polar surface area (TPSA) is 79.7 Å². The first-order chi connectivity index (χ1) is 17.7. The molecule has 1 aromatic heterocycles. The van der Waals surface area contributed by atoms with Crippen LogP contribution in [0.1, 0.15) is 55.5 Å². The van der Waals surface area contributed by atoms with Crippen LogP contribution < -0.4 is 0 Å². The van der Waals surface area contributed by atoms with E-state index in [1.54, 1.807) is 13.2 Å². The Morgan fingerprint density at radius 2 is 1.89 bits per heavy atom. The molecule has 2 saturated heterocycles. The molecule has 0 radical (unpaired) electrons.